The average molecular weight is 467 g/mol. The molecule has 0 unspecified atom stereocenters. The molecule has 14 heteroatoms. The number of nitrogens with one attached hydrogen (secondary N) is 2. The topological polar surface area (TPSA) is 159 Å². The van der Waals surface area contributed by atoms with Gasteiger partial charge in [0.25, 0.3) is 0 Å². The number of aliphatic carboxylic acids is 1. The van der Waals surface area contributed by atoms with Gasteiger partial charge in [-0.25, -0.2) is 9.78 Å². The maximum Gasteiger partial charge on any atom is 0.433 e. The van der Waals surface area contributed by atoms with Crippen molar-refractivity contribution in [2.75, 3.05) is 44.9 Å². The number of carboxylic acids is 1. The summed E-state index contributed by atoms with van der Waals surface area (Å²) in [4.78, 5) is 25.4. The van der Waals surface area contributed by atoms with Crippen molar-refractivity contribution in [1.82, 2.24) is 10.3 Å². The largest absolute Gasteiger partial charge is 0.480 e. The fourth-order valence-corrected chi connectivity index (χ4v) is 2.76. The Bertz CT molecular complexity index is 767. The van der Waals surface area contributed by atoms with E-state index in [0.717, 1.165) is 12.1 Å². The lowest BCUT2D eigenvalue weighted by atomic mass is 9.98. The third-order valence-electron chi connectivity index (χ3n) is 4.34. The van der Waals surface area contributed by atoms with Crippen LogP contribution in [0.3, 0.4) is 0 Å². The molecule has 32 heavy (non-hydrogen) atoms. The van der Waals surface area contributed by atoms with E-state index in [2.05, 4.69) is 15.6 Å². The van der Waals surface area contributed by atoms with E-state index in [0.29, 0.717) is 0 Å². The summed E-state index contributed by atoms with van der Waals surface area (Å²) >= 11 is 0. The highest BCUT2D eigenvalue weighted by atomic mass is 19.4. The van der Waals surface area contributed by atoms with Crippen molar-refractivity contribution in [2.24, 2.45) is 0 Å². The van der Waals surface area contributed by atoms with Crippen LogP contribution in [0.15, 0.2) is 18.2 Å². The number of hydrogen-bond donors (Lipinski definition) is 5. The highest BCUT2D eigenvalue weighted by Crippen LogP contribution is 2.28. The Hall–Kier alpha value is -2.52. The zero-order valence-corrected chi connectivity index (χ0v) is 16.7. The lowest BCUT2D eigenvalue weighted by molar-refractivity contribution is -0.145. The van der Waals surface area contributed by atoms with E-state index in [1.807, 2.05) is 0 Å². The molecule has 5 N–H and O–H groups in total. The fourth-order valence-electron chi connectivity index (χ4n) is 2.76. The quantitative estimate of drug-likeness (QED) is 0.262. The Morgan fingerprint density at radius 2 is 1.84 bits per heavy atom. The molecule has 0 radical (unpaired) electrons. The minimum Gasteiger partial charge on any atom is -0.480 e. The second kappa shape index (κ2) is 11.9. The van der Waals surface area contributed by atoms with Crippen LogP contribution in [-0.4, -0.2) is 96.1 Å². The van der Waals surface area contributed by atoms with Gasteiger partial charge in [-0.05, 0) is 12.1 Å². The Labute approximate surface area is 180 Å². The summed E-state index contributed by atoms with van der Waals surface area (Å²) in [5.41, 5.74) is -1.11. The molecule has 1 aromatic heterocycles. The molecule has 11 nitrogen and oxygen atoms in total. The molecule has 180 valence electrons. The average Bonchev–Trinajstić information content (AvgIpc) is 2.73. The zero-order chi connectivity index (χ0) is 23.7. The first-order valence-electron chi connectivity index (χ1n) is 9.50. The molecular weight excluding hydrogens is 443 g/mol. The number of aliphatic hydroxyl groups is 2. The van der Waals surface area contributed by atoms with E-state index in [9.17, 15) is 33.0 Å². The number of anilines is 1. The SMILES string of the molecule is O=C(O)COCCOCC(=O)NC[C@H]1OC[C@H](Nc2cccc(C(F)(F)F)n2)[C@@H](O)[C@H]1O. The minimum absolute atomic E-state index is 0.00110. The molecule has 1 aliphatic heterocycles. The van der Waals surface area contributed by atoms with Crippen LogP contribution in [-0.2, 0) is 30.0 Å². The number of aliphatic hydroxyl groups excluding tert-OH is 2. The van der Waals surface area contributed by atoms with Gasteiger partial charge in [-0.3, -0.25) is 4.79 Å². The first-order valence-corrected chi connectivity index (χ1v) is 9.50. The van der Waals surface area contributed by atoms with Crippen molar-refractivity contribution in [3.05, 3.63) is 23.9 Å². The second-order valence-corrected chi connectivity index (χ2v) is 6.81. The van der Waals surface area contributed by atoms with Gasteiger partial charge in [0.2, 0.25) is 5.91 Å². The number of alkyl halides is 3. The number of pyridine rings is 1. The summed E-state index contributed by atoms with van der Waals surface area (Å²) in [6.45, 7) is -1.13. The lowest BCUT2D eigenvalue weighted by Gasteiger charge is -2.38. The Morgan fingerprint density at radius 1 is 1.16 bits per heavy atom. The smallest absolute Gasteiger partial charge is 0.433 e. The van der Waals surface area contributed by atoms with Crippen LogP contribution in [0.2, 0.25) is 0 Å². The first kappa shape index (κ1) is 25.7. The number of rotatable bonds is 11. The highest BCUT2D eigenvalue weighted by molar-refractivity contribution is 5.77. The van der Waals surface area contributed by atoms with Crippen LogP contribution < -0.4 is 10.6 Å². The molecule has 1 fully saturated rings. The van der Waals surface area contributed by atoms with E-state index in [1.54, 1.807) is 0 Å². The van der Waals surface area contributed by atoms with Crippen molar-refractivity contribution < 1.29 is 52.3 Å². The van der Waals surface area contributed by atoms with E-state index >= 15 is 0 Å². The third kappa shape index (κ3) is 8.20. The summed E-state index contributed by atoms with van der Waals surface area (Å²) < 4.78 is 53.5. The molecule has 0 bridgehead atoms. The Balaban J connectivity index is 1.74. The molecule has 1 amide bonds. The summed E-state index contributed by atoms with van der Waals surface area (Å²) in [6.07, 6.45) is -8.42. The van der Waals surface area contributed by atoms with Crippen molar-refractivity contribution in [2.45, 2.75) is 30.5 Å². The van der Waals surface area contributed by atoms with Crippen molar-refractivity contribution in [1.29, 1.82) is 0 Å². The highest BCUT2D eigenvalue weighted by Gasteiger charge is 2.39. The van der Waals surface area contributed by atoms with Gasteiger partial charge in [0.15, 0.2) is 0 Å². The number of halogens is 3. The number of nitrogens with zero attached hydrogens (tertiary/aromatic N) is 1. The molecular formula is C18H24F3N3O8. The van der Waals surface area contributed by atoms with E-state index < -0.39 is 54.7 Å². The second-order valence-electron chi connectivity index (χ2n) is 6.81. The molecule has 2 heterocycles. The minimum atomic E-state index is -4.63. The van der Waals surface area contributed by atoms with Gasteiger partial charge < -0.3 is 40.2 Å². The number of hydrogen-bond acceptors (Lipinski definition) is 9. The van der Waals surface area contributed by atoms with E-state index in [1.165, 1.54) is 6.07 Å². The van der Waals surface area contributed by atoms with Crippen molar-refractivity contribution in [3.63, 3.8) is 0 Å². The van der Waals surface area contributed by atoms with Gasteiger partial charge in [0, 0.05) is 6.54 Å². The summed E-state index contributed by atoms with van der Waals surface area (Å²) in [7, 11) is 0. The van der Waals surface area contributed by atoms with Crippen LogP contribution in [0.25, 0.3) is 0 Å². The molecule has 1 aliphatic rings. The van der Waals surface area contributed by atoms with Gasteiger partial charge in [-0.15, -0.1) is 0 Å². The van der Waals surface area contributed by atoms with Crippen LogP contribution >= 0.6 is 0 Å². The monoisotopic (exact) mass is 467 g/mol. The Kier molecular flexibility index (Phi) is 9.59. The predicted molar refractivity (Wildman–Crippen MR) is 101 cm³/mol. The molecule has 0 saturated carbocycles. The normalized spacial score (nSPS) is 23.5. The molecule has 4 atom stereocenters. The zero-order valence-electron chi connectivity index (χ0n) is 16.7. The van der Waals surface area contributed by atoms with Gasteiger partial charge in [-0.2, -0.15) is 13.2 Å². The van der Waals surface area contributed by atoms with E-state index in [4.69, 9.17) is 19.3 Å². The molecule has 0 aliphatic carbocycles. The van der Waals surface area contributed by atoms with E-state index in [-0.39, 0.29) is 38.8 Å². The lowest BCUT2D eigenvalue weighted by Crippen LogP contribution is -2.58. The van der Waals surface area contributed by atoms with Crippen molar-refractivity contribution in [3.8, 4) is 0 Å². The van der Waals surface area contributed by atoms with Crippen molar-refractivity contribution >= 4 is 17.7 Å². The van der Waals surface area contributed by atoms with Crippen LogP contribution in [0.4, 0.5) is 19.0 Å². The maximum atomic E-state index is 12.8. The number of carbonyl (C=O) groups excluding carboxylic acids is 1. The molecule has 0 spiro atoms. The predicted octanol–water partition coefficient (Wildman–Crippen LogP) is -0.764. The number of amides is 1. The number of carboxylic acid groups (broad SMARTS) is 1. The number of aromatic nitrogens is 1. The van der Waals surface area contributed by atoms with Crippen LogP contribution in [0.1, 0.15) is 5.69 Å². The summed E-state index contributed by atoms with van der Waals surface area (Å²) in [6, 6.07) is 2.32. The molecule has 0 aromatic carbocycles. The maximum absolute atomic E-state index is 12.8. The summed E-state index contributed by atoms with van der Waals surface area (Å²) in [5, 5.41) is 34.0. The molecule has 1 saturated heterocycles. The fraction of sp³-hybridized carbons (Fsp3) is 0.611. The number of ether oxygens (including phenoxy) is 3. The number of carbonyl (C=O) groups is 2. The molecule has 2 rings (SSSR count). The van der Waals surface area contributed by atoms with Gasteiger partial charge in [-0.1, -0.05) is 6.07 Å². The molecule has 1 aromatic rings. The van der Waals surface area contributed by atoms with Gasteiger partial charge in [0.1, 0.15) is 43.0 Å². The first-order chi connectivity index (χ1) is 15.1. The Morgan fingerprint density at radius 3 is 2.50 bits per heavy atom. The summed E-state index contributed by atoms with van der Waals surface area (Å²) in [5.74, 6) is -1.81. The van der Waals surface area contributed by atoms with Gasteiger partial charge >= 0.3 is 12.1 Å². The van der Waals surface area contributed by atoms with Crippen LogP contribution in [0, 0.1) is 0 Å². The van der Waals surface area contributed by atoms with Gasteiger partial charge in [0.05, 0.1) is 25.9 Å². The standard InChI is InChI=1S/C18H24F3N3O8/c19-18(20,21)12-2-1-3-13(24-12)23-10-7-32-11(17(29)16(10)28)6-22-14(25)8-30-4-5-31-9-15(26)27/h1-3,10-11,16-17,28-29H,4-9H2,(H,22,25)(H,23,24)(H,26,27)/t10-,11+,16+,17-/m0/s1. The third-order valence-corrected chi connectivity index (χ3v) is 4.34. The van der Waals surface area contributed by atoms with Crippen LogP contribution in [0.5, 0.6) is 0 Å².